The van der Waals surface area contributed by atoms with Gasteiger partial charge in [-0.15, -0.1) is 0 Å². The maximum atomic E-state index is 10.2. The predicted molar refractivity (Wildman–Crippen MR) is 72.7 cm³/mol. The van der Waals surface area contributed by atoms with Crippen LogP contribution in [-0.4, -0.2) is 5.11 Å². The average molecular weight is 228 g/mol. The highest BCUT2D eigenvalue weighted by atomic mass is 16.3. The highest BCUT2D eigenvalue weighted by Crippen LogP contribution is 2.37. The molecule has 0 saturated carbocycles. The second kappa shape index (κ2) is 4.15. The highest BCUT2D eigenvalue weighted by Gasteiger charge is 2.23. The summed E-state index contributed by atoms with van der Waals surface area (Å²) < 4.78 is 0. The quantitative estimate of drug-likeness (QED) is 0.810. The second-order valence-corrected chi connectivity index (χ2v) is 5.43. The number of allylic oxidation sites excluding steroid dienone is 4. The summed E-state index contributed by atoms with van der Waals surface area (Å²) in [6, 6.07) is 8.16. The molecule has 1 heteroatoms. The molecule has 0 aromatic heterocycles. The van der Waals surface area contributed by atoms with Gasteiger partial charge in [0, 0.05) is 0 Å². The Kier molecular flexibility index (Phi) is 2.96. The van der Waals surface area contributed by atoms with Crippen molar-refractivity contribution >= 4 is 5.57 Å². The molecule has 0 amide bonds. The van der Waals surface area contributed by atoms with Gasteiger partial charge in [-0.2, -0.15) is 0 Å². The van der Waals surface area contributed by atoms with E-state index in [0.717, 1.165) is 12.0 Å². The first-order valence-electron chi connectivity index (χ1n) is 6.09. The maximum Gasteiger partial charge on any atom is 0.0846 e. The largest absolute Gasteiger partial charge is 0.386 e. The first kappa shape index (κ1) is 12.1. The zero-order chi connectivity index (χ0) is 12.6. The molecule has 0 spiro atoms. The van der Waals surface area contributed by atoms with Crippen LogP contribution < -0.4 is 0 Å². The minimum Gasteiger partial charge on any atom is -0.386 e. The van der Waals surface area contributed by atoms with E-state index in [1.165, 1.54) is 22.3 Å². The van der Waals surface area contributed by atoms with Gasteiger partial charge in [0.1, 0.15) is 0 Å². The van der Waals surface area contributed by atoms with E-state index in [-0.39, 0.29) is 0 Å². The Balaban J connectivity index is 2.52. The van der Waals surface area contributed by atoms with Crippen molar-refractivity contribution in [2.75, 3.05) is 0 Å². The number of hydrogen-bond acceptors (Lipinski definition) is 1. The molecule has 1 N–H and O–H groups in total. The summed E-state index contributed by atoms with van der Waals surface area (Å²) in [6.07, 6.45) is 3.23. The van der Waals surface area contributed by atoms with Crippen molar-refractivity contribution in [1.82, 2.24) is 0 Å². The fourth-order valence-corrected chi connectivity index (χ4v) is 2.51. The molecule has 1 aliphatic rings. The minimum absolute atomic E-state index is 0.791. The third-order valence-electron chi connectivity index (χ3n) is 3.31. The molecule has 17 heavy (non-hydrogen) atoms. The molecule has 1 nitrogen and oxygen atoms in total. The van der Waals surface area contributed by atoms with Crippen LogP contribution in [0.3, 0.4) is 0 Å². The molecule has 2 rings (SSSR count). The first-order chi connectivity index (χ1) is 7.89. The van der Waals surface area contributed by atoms with E-state index >= 15 is 0 Å². The van der Waals surface area contributed by atoms with E-state index in [4.69, 9.17) is 0 Å². The van der Waals surface area contributed by atoms with E-state index in [2.05, 4.69) is 26.0 Å². The highest BCUT2D eigenvalue weighted by molar-refractivity contribution is 5.77. The summed E-state index contributed by atoms with van der Waals surface area (Å²) in [4.78, 5) is 0. The van der Waals surface area contributed by atoms with Crippen LogP contribution in [0.25, 0.3) is 5.57 Å². The zero-order valence-corrected chi connectivity index (χ0v) is 11.0. The van der Waals surface area contributed by atoms with Gasteiger partial charge >= 0.3 is 0 Å². The lowest BCUT2D eigenvalue weighted by Crippen LogP contribution is -2.17. The number of benzene rings is 1. The Labute approximate surface area is 103 Å². The Hall–Kier alpha value is -1.34. The summed E-state index contributed by atoms with van der Waals surface area (Å²) in [5.41, 5.74) is 5.46. The molecule has 0 aliphatic heterocycles. The van der Waals surface area contributed by atoms with Crippen molar-refractivity contribution in [2.45, 2.75) is 39.7 Å². The molecule has 90 valence electrons. The third-order valence-corrected chi connectivity index (χ3v) is 3.31. The van der Waals surface area contributed by atoms with Crippen molar-refractivity contribution in [3.05, 3.63) is 52.6 Å². The van der Waals surface area contributed by atoms with Crippen LogP contribution in [0.15, 0.2) is 41.5 Å². The monoisotopic (exact) mass is 228 g/mol. The summed E-state index contributed by atoms with van der Waals surface area (Å²) in [6.45, 7) is 7.99. The molecule has 0 saturated heterocycles. The van der Waals surface area contributed by atoms with Crippen molar-refractivity contribution in [1.29, 1.82) is 0 Å². The predicted octanol–water partition coefficient (Wildman–Crippen LogP) is 4.04. The van der Waals surface area contributed by atoms with Crippen molar-refractivity contribution in [3.63, 3.8) is 0 Å². The van der Waals surface area contributed by atoms with Gasteiger partial charge in [-0.05, 0) is 56.4 Å². The van der Waals surface area contributed by atoms with Gasteiger partial charge in [-0.25, -0.2) is 0 Å². The van der Waals surface area contributed by atoms with Crippen LogP contribution in [-0.2, 0) is 5.60 Å². The average Bonchev–Trinajstić information content (AvgIpc) is 2.56. The smallest absolute Gasteiger partial charge is 0.0846 e. The fourth-order valence-electron chi connectivity index (χ4n) is 2.51. The van der Waals surface area contributed by atoms with E-state index in [1.807, 2.05) is 32.0 Å². The van der Waals surface area contributed by atoms with Crippen molar-refractivity contribution < 1.29 is 5.11 Å². The van der Waals surface area contributed by atoms with Gasteiger partial charge in [0.15, 0.2) is 0 Å². The molecule has 1 aliphatic carbocycles. The van der Waals surface area contributed by atoms with Crippen LogP contribution >= 0.6 is 0 Å². The number of hydrogen-bond donors (Lipinski definition) is 1. The van der Waals surface area contributed by atoms with Crippen molar-refractivity contribution in [2.24, 2.45) is 0 Å². The van der Waals surface area contributed by atoms with E-state index in [9.17, 15) is 5.11 Å². The third kappa shape index (κ3) is 2.34. The summed E-state index contributed by atoms with van der Waals surface area (Å²) >= 11 is 0. The lowest BCUT2D eigenvalue weighted by Gasteiger charge is -2.22. The molecular weight excluding hydrogens is 208 g/mol. The zero-order valence-electron chi connectivity index (χ0n) is 11.0. The SMILES string of the molecule is CC1=CC(C)=C(c2ccccc2C(C)(C)O)C1. The number of aliphatic hydroxyl groups is 1. The molecule has 1 aromatic rings. The summed E-state index contributed by atoms with van der Waals surface area (Å²) in [5, 5.41) is 10.2. The Bertz CT molecular complexity index is 499. The molecule has 0 atom stereocenters. The van der Waals surface area contributed by atoms with E-state index in [1.54, 1.807) is 0 Å². The van der Waals surface area contributed by atoms with Gasteiger partial charge in [-0.1, -0.05) is 35.9 Å². The Morgan fingerprint density at radius 2 is 1.76 bits per heavy atom. The topological polar surface area (TPSA) is 20.2 Å². The molecule has 0 heterocycles. The maximum absolute atomic E-state index is 10.2. The fraction of sp³-hybridized carbons (Fsp3) is 0.375. The number of rotatable bonds is 2. The van der Waals surface area contributed by atoms with Crippen molar-refractivity contribution in [3.8, 4) is 0 Å². The van der Waals surface area contributed by atoms with Gasteiger partial charge in [0.25, 0.3) is 0 Å². The minimum atomic E-state index is -0.791. The van der Waals surface area contributed by atoms with E-state index in [0.29, 0.717) is 0 Å². The van der Waals surface area contributed by atoms with Gasteiger partial charge < -0.3 is 5.11 Å². The van der Waals surface area contributed by atoms with Gasteiger partial charge in [0.05, 0.1) is 5.60 Å². The van der Waals surface area contributed by atoms with Crippen LogP contribution in [0.1, 0.15) is 45.2 Å². The second-order valence-electron chi connectivity index (χ2n) is 5.43. The lowest BCUT2D eigenvalue weighted by molar-refractivity contribution is 0.0783. The van der Waals surface area contributed by atoms with Gasteiger partial charge in [0.2, 0.25) is 0 Å². The molecule has 0 unspecified atom stereocenters. The molecule has 0 fully saturated rings. The van der Waals surface area contributed by atoms with Crippen LogP contribution in [0.2, 0.25) is 0 Å². The molecule has 0 bridgehead atoms. The van der Waals surface area contributed by atoms with E-state index < -0.39 is 5.60 Å². The standard InChI is InChI=1S/C16H20O/c1-11-9-12(2)14(10-11)13-7-5-6-8-15(13)16(3,4)17/h5-9,17H,10H2,1-4H3. The first-order valence-corrected chi connectivity index (χ1v) is 6.09. The van der Waals surface area contributed by atoms with Crippen LogP contribution in [0.5, 0.6) is 0 Å². The Morgan fingerprint density at radius 1 is 1.12 bits per heavy atom. The van der Waals surface area contributed by atoms with Crippen LogP contribution in [0, 0.1) is 0 Å². The molecule has 1 aromatic carbocycles. The van der Waals surface area contributed by atoms with Gasteiger partial charge in [-0.3, -0.25) is 0 Å². The molecular formula is C16H20O. The summed E-state index contributed by atoms with van der Waals surface area (Å²) in [5.74, 6) is 0. The molecule has 0 radical (unpaired) electrons. The van der Waals surface area contributed by atoms with Crippen LogP contribution in [0.4, 0.5) is 0 Å². The lowest BCUT2D eigenvalue weighted by atomic mass is 9.88. The summed E-state index contributed by atoms with van der Waals surface area (Å²) in [7, 11) is 0. The normalized spacial score (nSPS) is 16.4. The Morgan fingerprint density at radius 3 is 2.29 bits per heavy atom.